The van der Waals surface area contributed by atoms with Gasteiger partial charge in [-0.3, -0.25) is 4.98 Å². The monoisotopic (exact) mass is 726 g/mol. The van der Waals surface area contributed by atoms with E-state index in [4.69, 9.17) is 9.97 Å². The van der Waals surface area contributed by atoms with Gasteiger partial charge in [0.25, 0.3) is 0 Å². The van der Waals surface area contributed by atoms with Crippen molar-refractivity contribution in [2.75, 3.05) is 0 Å². The van der Waals surface area contributed by atoms with E-state index in [0.29, 0.717) is 5.82 Å². The largest absolute Gasteiger partial charge is 0.309 e. The van der Waals surface area contributed by atoms with Crippen LogP contribution in [-0.2, 0) is 0 Å². The topological polar surface area (TPSA) is 43.6 Å². The predicted octanol–water partition coefficient (Wildman–Crippen LogP) is 13.6. The van der Waals surface area contributed by atoms with Crippen LogP contribution in [0.2, 0.25) is 0 Å². The van der Waals surface area contributed by atoms with E-state index in [2.05, 4.69) is 198 Å². The lowest BCUT2D eigenvalue weighted by Gasteiger charge is -2.18. The summed E-state index contributed by atoms with van der Waals surface area (Å²) in [6.45, 7) is 0. The summed E-state index contributed by atoms with van der Waals surface area (Å²) in [7, 11) is 0. The number of hydrogen-bond acceptors (Lipinski definition) is 3. The number of rotatable bonds is 6. The molecule has 0 fully saturated rings. The summed E-state index contributed by atoms with van der Waals surface area (Å²) >= 11 is 0. The average Bonchev–Trinajstić information content (AvgIpc) is 3.62. The zero-order valence-corrected chi connectivity index (χ0v) is 30.9. The van der Waals surface area contributed by atoms with Gasteiger partial charge in [0.2, 0.25) is 0 Å². The molecule has 0 amide bonds. The van der Waals surface area contributed by atoms with Crippen molar-refractivity contribution in [3.63, 3.8) is 0 Å². The summed E-state index contributed by atoms with van der Waals surface area (Å²) in [6.07, 6.45) is 3.82. The number of hydrogen-bond donors (Lipinski definition) is 0. The Morgan fingerprint density at radius 1 is 0.333 bits per heavy atom. The molecular formula is C53H34N4. The summed E-state index contributed by atoms with van der Waals surface area (Å²) in [4.78, 5) is 15.0. The van der Waals surface area contributed by atoms with E-state index in [1.54, 1.807) is 0 Å². The van der Waals surface area contributed by atoms with Gasteiger partial charge in [0.05, 0.1) is 22.4 Å². The van der Waals surface area contributed by atoms with E-state index < -0.39 is 0 Å². The summed E-state index contributed by atoms with van der Waals surface area (Å²) < 4.78 is 2.31. The number of pyridine rings is 1. The first-order chi connectivity index (χ1) is 28.3. The molecule has 266 valence electrons. The van der Waals surface area contributed by atoms with Gasteiger partial charge in [-0.1, -0.05) is 158 Å². The third-order valence-electron chi connectivity index (χ3n) is 11.1. The van der Waals surface area contributed by atoms with E-state index >= 15 is 0 Å². The lowest BCUT2D eigenvalue weighted by Crippen LogP contribution is -1.96. The molecule has 4 nitrogen and oxygen atoms in total. The van der Waals surface area contributed by atoms with Gasteiger partial charge in [-0.2, -0.15) is 0 Å². The van der Waals surface area contributed by atoms with E-state index in [1.807, 2.05) is 18.5 Å². The molecule has 0 saturated heterocycles. The first-order valence-corrected chi connectivity index (χ1v) is 19.3. The van der Waals surface area contributed by atoms with Gasteiger partial charge < -0.3 is 4.57 Å². The molecule has 8 aromatic carbocycles. The van der Waals surface area contributed by atoms with Crippen molar-refractivity contribution in [3.05, 3.63) is 207 Å². The van der Waals surface area contributed by atoms with Crippen LogP contribution in [0.25, 0.3) is 105 Å². The number of para-hydroxylation sites is 1. The number of aromatic nitrogens is 4. The first kappa shape index (κ1) is 32.7. The van der Waals surface area contributed by atoms with Crippen LogP contribution in [-0.4, -0.2) is 19.5 Å². The van der Waals surface area contributed by atoms with Crippen LogP contribution in [0.1, 0.15) is 0 Å². The molecule has 3 heterocycles. The van der Waals surface area contributed by atoms with Crippen molar-refractivity contribution in [1.29, 1.82) is 0 Å². The third-order valence-corrected chi connectivity index (χ3v) is 11.1. The van der Waals surface area contributed by atoms with Crippen LogP contribution in [0.5, 0.6) is 0 Å². The highest BCUT2D eigenvalue weighted by Crippen LogP contribution is 2.44. The van der Waals surface area contributed by atoms with Gasteiger partial charge in [-0.05, 0) is 80.2 Å². The summed E-state index contributed by atoms with van der Waals surface area (Å²) in [5, 5.41) is 7.17. The molecule has 0 atom stereocenters. The van der Waals surface area contributed by atoms with Crippen LogP contribution < -0.4 is 0 Å². The van der Waals surface area contributed by atoms with Gasteiger partial charge in [0.1, 0.15) is 0 Å². The molecule has 11 aromatic rings. The fourth-order valence-corrected chi connectivity index (χ4v) is 8.50. The summed E-state index contributed by atoms with van der Waals surface area (Å²) in [5.74, 6) is 0.681. The molecule has 0 aliphatic carbocycles. The van der Waals surface area contributed by atoms with Crippen LogP contribution in [0, 0.1) is 0 Å². The van der Waals surface area contributed by atoms with E-state index in [9.17, 15) is 0 Å². The second-order valence-corrected chi connectivity index (χ2v) is 14.4. The molecule has 3 aromatic heterocycles. The minimum atomic E-state index is 0.681. The van der Waals surface area contributed by atoms with Crippen LogP contribution in [0.4, 0.5) is 0 Å². The Labute approximate surface area is 330 Å². The second kappa shape index (κ2) is 13.6. The molecule has 0 N–H and O–H groups in total. The lowest BCUT2D eigenvalue weighted by molar-refractivity contribution is 1.17. The number of fused-ring (bicyclic) bond motifs is 5. The van der Waals surface area contributed by atoms with Gasteiger partial charge in [0.15, 0.2) is 5.82 Å². The molecule has 4 heteroatoms. The van der Waals surface area contributed by atoms with Gasteiger partial charge in [-0.15, -0.1) is 0 Å². The quantitative estimate of drug-likeness (QED) is 0.160. The number of nitrogens with zero attached hydrogens (tertiary/aromatic N) is 4. The molecule has 0 aliphatic heterocycles. The Bertz CT molecular complexity index is 3200. The molecule has 57 heavy (non-hydrogen) atoms. The molecule has 0 aliphatic rings. The first-order valence-electron chi connectivity index (χ1n) is 19.3. The molecule has 0 unspecified atom stereocenters. The van der Waals surface area contributed by atoms with Crippen LogP contribution in [0.3, 0.4) is 0 Å². The highest BCUT2D eigenvalue weighted by molar-refractivity contribution is 6.21. The average molecular weight is 727 g/mol. The van der Waals surface area contributed by atoms with Crippen molar-refractivity contribution >= 4 is 43.4 Å². The Hall–Kier alpha value is -7.69. The predicted molar refractivity (Wildman–Crippen MR) is 236 cm³/mol. The van der Waals surface area contributed by atoms with Crippen LogP contribution >= 0.6 is 0 Å². The standard InChI is InChI=1S/C53H34N4/c1-4-14-35(15-5-1)47-33-48(39-28-29-49-45(32-39)46-34-54-31-30-50(46)57(49)40-18-8-3-9-19-40)56-53(55-47)38-26-24-37(25-27-38)52-43-22-12-10-20-41(43)51(36-16-6-2-7-17-36)42-21-11-13-23-44(42)52/h1-34H. The van der Waals surface area contributed by atoms with Crippen molar-refractivity contribution in [1.82, 2.24) is 19.5 Å². The summed E-state index contributed by atoms with van der Waals surface area (Å²) in [6, 6.07) is 68.7. The van der Waals surface area contributed by atoms with E-state index in [1.165, 1.54) is 38.2 Å². The fraction of sp³-hybridized carbons (Fsp3) is 0. The maximum Gasteiger partial charge on any atom is 0.160 e. The number of benzene rings is 8. The van der Waals surface area contributed by atoms with Gasteiger partial charge in [0, 0.05) is 45.5 Å². The maximum atomic E-state index is 5.27. The van der Waals surface area contributed by atoms with Crippen molar-refractivity contribution in [2.45, 2.75) is 0 Å². The minimum Gasteiger partial charge on any atom is -0.309 e. The Morgan fingerprint density at radius 2 is 0.807 bits per heavy atom. The minimum absolute atomic E-state index is 0.681. The molecule has 0 spiro atoms. The third kappa shape index (κ3) is 5.58. The zero-order valence-electron chi connectivity index (χ0n) is 30.9. The molecule has 0 bridgehead atoms. The smallest absolute Gasteiger partial charge is 0.160 e. The normalized spacial score (nSPS) is 11.5. The summed E-state index contributed by atoms with van der Waals surface area (Å²) in [5.41, 5.74) is 13.0. The highest BCUT2D eigenvalue weighted by atomic mass is 15.0. The van der Waals surface area contributed by atoms with Gasteiger partial charge >= 0.3 is 0 Å². The molecule has 0 radical (unpaired) electrons. The van der Waals surface area contributed by atoms with E-state index in [-0.39, 0.29) is 0 Å². The molecular weight excluding hydrogens is 693 g/mol. The van der Waals surface area contributed by atoms with Crippen molar-refractivity contribution in [2.24, 2.45) is 0 Å². The van der Waals surface area contributed by atoms with Crippen molar-refractivity contribution in [3.8, 4) is 61.8 Å². The van der Waals surface area contributed by atoms with Crippen LogP contribution in [0.15, 0.2) is 207 Å². The Kier molecular flexibility index (Phi) is 7.78. The zero-order chi connectivity index (χ0) is 37.7. The highest BCUT2D eigenvalue weighted by Gasteiger charge is 2.18. The lowest BCUT2D eigenvalue weighted by atomic mass is 9.86. The van der Waals surface area contributed by atoms with Crippen molar-refractivity contribution < 1.29 is 0 Å². The second-order valence-electron chi connectivity index (χ2n) is 14.4. The fourth-order valence-electron chi connectivity index (χ4n) is 8.50. The van der Waals surface area contributed by atoms with Gasteiger partial charge in [-0.25, -0.2) is 9.97 Å². The maximum absolute atomic E-state index is 5.27. The Balaban J connectivity index is 1.06. The molecule has 11 rings (SSSR count). The molecule has 0 saturated carbocycles. The van der Waals surface area contributed by atoms with E-state index in [0.717, 1.165) is 61.1 Å². The SMILES string of the molecule is c1ccc(-c2cc(-c3ccc4c(c3)c3cnccc3n4-c3ccccc3)nc(-c3ccc(-c4c5ccccc5c(-c5ccccc5)c5ccccc45)cc3)n2)cc1. The Morgan fingerprint density at radius 3 is 1.42 bits per heavy atom.